The average molecular weight is 279 g/mol. The SMILES string of the molecule is FC(F)c1nnc2ccc(NC3CC4CCC3C4)nn12. The minimum absolute atomic E-state index is 0.346. The van der Waals surface area contributed by atoms with E-state index in [-0.39, 0.29) is 0 Å². The van der Waals surface area contributed by atoms with E-state index >= 15 is 0 Å². The first-order chi connectivity index (χ1) is 9.70. The van der Waals surface area contributed by atoms with Gasteiger partial charge in [0.15, 0.2) is 5.65 Å². The normalized spacial score (nSPS) is 28.6. The van der Waals surface area contributed by atoms with Crippen LogP contribution in [0.4, 0.5) is 14.6 Å². The summed E-state index contributed by atoms with van der Waals surface area (Å²) in [5, 5.41) is 14.8. The lowest BCUT2D eigenvalue weighted by molar-refractivity contribution is 0.137. The highest BCUT2D eigenvalue weighted by Gasteiger charge is 2.39. The minimum Gasteiger partial charge on any atom is -0.366 e. The Hall–Kier alpha value is -1.79. The van der Waals surface area contributed by atoms with Crippen molar-refractivity contribution in [2.24, 2.45) is 11.8 Å². The van der Waals surface area contributed by atoms with E-state index in [2.05, 4.69) is 20.6 Å². The summed E-state index contributed by atoms with van der Waals surface area (Å²) >= 11 is 0. The zero-order valence-corrected chi connectivity index (χ0v) is 10.8. The second-order valence-corrected chi connectivity index (χ2v) is 5.77. The Morgan fingerprint density at radius 2 is 2.10 bits per heavy atom. The number of hydrogen-bond donors (Lipinski definition) is 1. The lowest BCUT2D eigenvalue weighted by Gasteiger charge is -2.23. The Bertz CT molecular complexity index is 641. The lowest BCUT2D eigenvalue weighted by atomic mass is 9.95. The average Bonchev–Trinajstić information content (AvgIpc) is 3.12. The number of nitrogens with zero attached hydrogens (tertiary/aromatic N) is 4. The molecule has 5 nitrogen and oxygen atoms in total. The van der Waals surface area contributed by atoms with Gasteiger partial charge in [0.05, 0.1) is 0 Å². The van der Waals surface area contributed by atoms with Crippen molar-refractivity contribution in [1.82, 2.24) is 19.8 Å². The van der Waals surface area contributed by atoms with Crippen LogP contribution in [0.1, 0.15) is 37.9 Å². The molecule has 2 heterocycles. The summed E-state index contributed by atoms with van der Waals surface area (Å²) < 4.78 is 26.7. The second kappa shape index (κ2) is 4.36. The number of alkyl halides is 2. The van der Waals surface area contributed by atoms with Gasteiger partial charge in [0, 0.05) is 6.04 Å². The molecule has 0 aliphatic heterocycles. The molecule has 0 aromatic carbocycles. The fourth-order valence-corrected chi connectivity index (χ4v) is 3.63. The number of nitrogens with one attached hydrogen (secondary N) is 1. The molecule has 3 unspecified atom stereocenters. The lowest BCUT2D eigenvalue weighted by Crippen LogP contribution is -2.26. The molecule has 7 heteroatoms. The number of anilines is 1. The predicted molar refractivity (Wildman–Crippen MR) is 68.6 cm³/mol. The molecule has 20 heavy (non-hydrogen) atoms. The summed E-state index contributed by atoms with van der Waals surface area (Å²) in [7, 11) is 0. The molecule has 2 bridgehead atoms. The highest BCUT2D eigenvalue weighted by molar-refractivity contribution is 5.44. The van der Waals surface area contributed by atoms with Crippen molar-refractivity contribution in [3.8, 4) is 0 Å². The number of rotatable bonds is 3. The summed E-state index contributed by atoms with van der Waals surface area (Å²) in [4.78, 5) is 0. The van der Waals surface area contributed by atoms with Crippen LogP contribution in [0.3, 0.4) is 0 Å². The van der Waals surface area contributed by atoms with Crippen LogP contribution in [0.5, 0.6) is 0 Å². The van der Waals surface area contributed by atoms with Crippen molar-refractivity contribution in [2.45, 2.75) is 38.2 Å². The molecule has 0 saturated heterocycles. The number of fused-ring (bicyclic) bond motifs is 3. The first kappa shape index (κ1) is 12.0. The molecule has 1 N–H and O–H groups in total. The van der Waals surface area contributed by atoms with Crippen molar-refractivity contribution in [1.29, 1.82) is 0 Å². The molecule has 106 valence electrons. The summed E-state index contributed by atoms with van der Waals surface area (Å²) in [6.45, 7) is 0. The first-order valence-corrected chi connectivity index (χ1v) is 6.98. The van der Waals surface area contributed by atoms with Gasteiger partial charge in [0.2, 0.25) is 5.82 Å². The predicted octanol–water partition coefficient (Wildman–Crippen LogP) is 2.66. The number of aromatic nitrogens is 4. The summed E-state index contributed by atoms with van der Waals surface area (Å²) in [5.74, 6) is 1.74. The van der Waals surface area contributed by atoms with Gasteiger partial charge >= 0.3 is 0 Å². The third-order valence-electron chi connectivity index (χ3n) is 4.55. The standard InChI is InChI=1S/C13H15F2N5/c14-12(15)13-18-17-11-4-3-10(19-20(11)13)16-9-6-7-1-2-8(9)5-7/h3-4,7-9,12H,1-2,5-6H2,(H,16,19). The fraction of sp³-hybridized carbons (Fsp3) is 0.615. The van der Waals surface area contributed by atoms with E-state index in [0.29, 0.717) is 23.4 Å². The molecule has 2 aromatic heterocycles. The molecule has 2 saturated carbocycles. The van der Waals surface area contributed by atoms with E-state index in [1.54, 1.807) is 12.1 Å². The summed E-state index contributed by atoms with van der Waals surface area (Å²) in [6.07, 6.45) is 2.37. The van der Waals surface area contributed by atoms with Gasteiger partial charge in [-0.25, -0.2) is 8.78 Å². The van der Waals surface area contributed by atoms with E-state index in [9.17, 15) is 8.78 Å². The molecule has 2 aliphatic rings. The monoisotopic (exact) mass is 279 g/mol. The van der Waals surface area contributed by atoms with Gasteiger partial charge in [-0.3, -0.25) is 0 Å². The van der Waals surface area contributed by atoms with Crippen LogP contribution in [0.25, 0.3) is 5.65 Å². The van der Waals surface area contributed by atoms with E-state index in [1.165, 1.54) is 19.3 Å². The Kier molecular flexibility index (Phi) is 2.61. The molecule has 0 amide bonds. The molecule has 0 radical (unpaired) electrons. The third-order valence-corrected chi connectivity index (χ3v) is 4.55. The Morgan fingerprint density at radius 3 is 2.80 bits per heavy atom. The van der Waals surface area contributed by atoms with Crippen LogP contribution in [0.2, 0.25) is 0 Å². The van der Waals surface area contributed by atoms with Gasteiger partial charge in [0.1, 0.15) is 5.82 Å². The van der Waals surface area contributed by atoms with Gasteiger partial charge < -0.3 is 5.32 Å². The highest BCUT2D eigenvalue weighted by Crippen LogP contribution is 2.45. The van der Waals surface area contributed by atoms with Gasteiger partial charge in [-0.2, -0.15) is 4.52 Å². The fourth-order valence-electron chi connectivity index (χ4n) is 3.63. The maximum absolute atomic E-state index is 12.8. The topological polar surface area (TPSA) is 55.1 Å². The van der Waals surface area contributed by atoms with Crippen LogP contribution in [0, 0.1) is 11.8 Å². The van der Waals surface area contributed by atoms with Crippen LogP contribution >= 0.6 is 0 Å². The maximum Gasteiger partial charge on any atom is 0.299 e. The van der Waals surface area contributed by atoms with E-state index in [0.717, 1.165) is 16.9 Å². The minimum atomic E-state index is -2.67. The Labute approximate surface area is 114 Å². The zero-order chi connectivity index (χ0) is 13.7. The summed E-state index contributed by atoms with van der Waals surface area (Å²) in [6, 6.07) is 3.87. The maximum atomic E-state index is 12.8. The van der Waals surface area contributed by atoms with Gasteiger partial charge in [0.25, 0.3) is 6.43 Å². The number of halogens is 2. The van der Waals surface area contributed by atoms with Gasteiger partial charge in [-0.1, -0.05) is 6.42 Å². The van der Waals surface area contributed by atoms with Crippen molar-refractivity contribution in [3.05, 3.63) is 18.0 Å². The van der Waals surface area contributed by atoms with Crippen molar-refractivity contribution < 1.29 is 8.78 Å². The van der Waals surface area contributed by atoms with Crippen LogP contribution < -0.4 is 5.32 Å². The van der Waals surface area contributed by atoms with Crippen LogP contribution in [0.15, 0.2) is 12.1 Å². The zero-order valence-electron chi connectivity index (χ0n) is 10.8. The molecule has 2 aliphatic carbocycles. The Balaban J connectivity index is 1.62. The molecule has 0 spiro atoms. The summed E-state index contributed by atoms with van der Waals surface area (Å²) in [5.41, 5.74) is 0.346. The molecule has 2 fully saturated rings. The largest absolute Gasteiger partial charge is 0.366 e. The number of hydrogen-bond acceptors (Lipinski definition) is 4. The molecule has 3 atom stereocenters. The molecular weight excluding hydrogens is 264 g/mol. The first-order valence-electron chi connectivity index (χ1n) is 6.98. The van der Waals surface area contributed by atoms with E-state index in [1.807, 2.05) is 0 Å². The quantitative estimate of drug-likeness (QED) is 0.938. The van der Waals surface area contributed by atoms with Crippen LogP contribution in [-0.4, -0.2) is 25.9 Å². The second-order valence-electron chi connectivity index (χ2n) is 5.77. The van der Waals surface area contributed by atoms with Gasteiger partial charge in [-0.15, -0.1) is 15.3 Å². The van der Waals surface area contributed by atoms with Crippen molar-refractivity contribution in [2.75, 3.05) is 5.32 Å². The molecular formula is C13H15F2N5. The Morgan fingerprint density at radius 1 is 1.20 bits per heavy atom. The van der Waals surface area contributed by atoms with Crippen molar-refractivity contribution >= 4 is 11.5 Å². The van der Waals surface area contributed by atoms with E-state index < -0.39 is 12.2 Å². The van der Waals surface area contributed by atoms with Gasteiger partial charge in [-0.05, 0) is 43.2 Å². The third kappa shape index (κ3) is 1.83. The van der Waals surface area contributed by atoms with Crippen LogP contribution in [-0.2, 0) is 0 Å². The van der Waals surface area contributed by atoms with Crippen molar-refractivity contribution in [3.63, 3.8) is 0 Å². The molecule has 4 rings (SSSR count). The molecule has 2 aromatic rings. The smallest absolute Gasteiger partial charge is 0.299 e. The van der Waals surface area contributed by atoms with E-state index in [4.69, 9.17) is 0 Å². The highest BCUT2D eigenvalue weighted by atomic mass is 19.3.